The molecule has 5 rings (SSSR count). The number of halogens is 3. The average Bonchev–Trinajstić information content (AvgIpc) is 3.28. The first-order valence-corrected chi connectivity index (χ1v) is 14.0. The molecule has 0 amide bonds. The number of piperidine rings is 1. The molecule has 1 saturated heterocycles. The van der Waals surface area contributed by atoms with Gasteiger partial charge in [-0.05, 0) is 100 Å². The van der Waals surface area contributed by atoms with E-state index >= 15 is 0 Å². The minimum Gasteiger partial charge on any atom is -0.485 e. The molecule has 3 aromatic rings. The largest absolute Gasteiger partial charge is 0.485 e. The first-order chi connectivity index (χ1) is 17.8. The summed E-state index contributed by atoms with van der Waals surface area (Å²) in [6.07, 6.45) is 4.69. The highest BCUT2D eigenvalue weighted by Crippen LogP contribution is 2.44. The molecule has 0 spiro atoms. The monoisotopic (exact) mass is 605 g/mol. The molecular formula is C33H46Cl3N3O. The van der Waals surface area contributed by atoms with Gasteiger partial charge >= 0.3 is 0 Å². The van der Waals surface area contributed by atoms with Gasteiger partial charge < -0.3 is 15.8 Å². The van der Waals surface area contributed by atoms with Crippen LogP contribution in [0.25, 0.3) is 0 Å². The van der Waals surface area contributed by atoms with Gasteiger partial charge in [0.25, 0.3) is 0 Å². The van der Waals surface area contributed by atoms with Crippen LogP contribution in [-0.2, 0) is 6.42 Å². The van der Waals surface area contributed by atoms with E-state index in [1.54, 1.807) is 0 Å². The molecule has 0 aliphatic carbocycles. The third kappa shape index (κ3) is 7.46. The number of rotatable bonds is 8. The van der Waals surface area contributed by atoms with Gasteiger partial charge in [0.1, 0.15) is 11.4 Å². The zero-order valence-corrected chi connectivity index (χ0v) is 26.7. The van der Waals surface area contributed by atoms with Crippen molar-refractivity contribution in [3.8, 4) is 5.75 Å². The lowest BCUT2D eigenvalue weighted by atomic mass is 9.90. The first kappa shape index (κ1) is 34.3. The number of hydrogen-bond acceptors (Lipinski definition) is 4. The Balaban J connectivity index is 0.00000187. The van der Waals surface area contributed by atoms with Crippen LogP contribution in [-0.4, -0.2) is 36.7 Å². The van der Waals surface area contributed by atoms with Crippen molar-refractivity contribution in [3.05, 3.63) is 94.0 Å². The van der Waals surface area contributed by atoms with Crippen molar-refractivity contribution in [1.29, 1.82) is 0 Å². The van der Waals surface area contributed by atoms with E-state index in [1.807, 2.05) is 0 Å². The molecule has 0 bridgehead atoms. The molecule has 3 N–H and O–H groups in total. The van der Waals surface area contributed by atoms with E-state index in [0.29, 0.717) is 0 Å². The number of ether oxygens (including phenoxy) is 1. The molecule has 7 heteroatoms. The minimum atomic E-state index is -0.176. The Labute approximate surface area is 259 Å². The number of hydrogen-bond donors (Lipinski definition) is 2. The van der Waals surface area contributed by atoms with Crippen LogP contribution in [0.5, 0.6) is 5.75 Å². The van der Waals surface area contributed by atoms with Crippen LogP contribution in [0.2, 0.25) is 0 Å². The van der Waals surface area contributed by atoms with Crippen LogP contribution in [0.1, 0.15) is 65.6 Å². The topological polar surface area (TPSA) is 50.5 Å². The van der Waals surface area contributed by atoms with Gasteiger partial charge in [0, 0.05) is 24.2 Å². The van der Waals surface area contributed by atoms with Crippen LogP contribution in [0, 0.1) is 26.7 Å². The van der Waals surface area contributed by atoms with E-state index in [-0.39, 0.29) is 48.9 Å². The fourth-order valence-electron chi connectivity index (χ4n) is 6.37. The molecule has 2 aliphatic heterocycles. The predicted octanol–water partition coefficient (Wildman–Crippen LogP) is 7.63. The Kier molecular flexibility index (Phi) is 12.7. The quantitative estimate of drug-likeness (QED) is 0.259. The van der Waals surface area contributed by atoms with E-state index in [4.69, 9.17) is 10.5 Å². The molecule has 40 heavy (non-hydrogen) atoms. The number of nitrogens with one attached hydrogen (secondary N) is 1. The summed E-state index contributed by atoms with van der Waals surface area (Å²) >= 11 is 0. The molecule has 220 valence electrons. The van der Waals surface area contributed by atoms with Crippen LogP contribution >= 0.6 is 37.2 Å². The molecule has 0 radical (unpaired) electrons. The van der Waals surface area contributed by atoms with Crippen LogP contribution in [0.4, 0.5) is 5.69 Å². The second-order valence-corrected chi connectivity index (χ2v) is 11.5. The van der Waals surface area contributed by atoms with Crippen molar-refractivity contribution in [2.75, 3.05) is 31.9 Å². The van der Waals surface area contributed by atoms with E-state index in [0.717, 1.165) is 55.5 Å². The summed E-state index contributed by atoms with van der Waals surface area (Å²) in [4.78, 5) is 2.62. The molecule has 0 saturated carbocycles. The van der Waals surface area contributed by atoms with Gasteiger partial charge in [-0.15, -0.1) is 37.2 Å². The molecule has 4 nitrogen and oxygen atoms in total. The van der Waals surface area contributed by atoms with Crippen LogP contribution in [0.3, 0.4) is 0 Å². The molecule has 2 heterocycles. The smallest absolute Gasteiger partial charge is 0.127 e. The summed E-state index contributed by atoms with van der Waals surface area (Å²) in [5.41, 5.74) is 14.7. The molecule has 2 aliphatic rings. The van der Waals surface area contributed by atoms with E-state index in [9.17, 15) is 0 Å². The molecule has 0 aromatic heterocycles. The third-order valence-electron chi connectivity index (χ3n) is 8.77. The Morgan fingerprint density at radius 1 is 0.875 bits per heavy atom. The maximum absolute atomic E-state index is 6.64. The second kappa shape index (κ2) is 14.8. The average molecular weight is 607 g/mol. The predicted molar refractivity (Wildman–Crippen MR) is 176 cm³/mol. The van der Waals surface area contributed by atoms with E-state index < -0.39 is 0 Å². The summed E-state index contributed by atoms with van der Waals surface area (Å²) in [5.74, 6) is 1.86. The van der Waals surface area contributed by atoms with Crippen LogP contribution < -0.4 is 15.8 Å². The Bertz CT molecular complexity index is 1140. The van der Waals surface area contributed by atoms with Gasteiger partial charge in [-0.25, -0.2) is 0 Å². The summed E-state index contributed by atoms with van der Waals surface area (Å²) in [6.45, 7) is 13.0. The van der Waals surface area contributed by atoms with Gasteiger partial charge in [-0.1, -0.05) is 60.7 Å². The summed E-state index contributed by atoms with van der Waals surface area (Å²) in [6, 6.07) is 21.9. The van der Waals surface area contributed by atoms with Crippen molar-refractivity contribution >= 4 is 42.9 Å². The number of nitrogens with zero attached hydrogens (tertiary/aromatic N) is 1. The molecule has 1 unspecified atom stereocenters. The first-order valence-electron chi connectivity index (χ1n) is 14.0. The molecule has 1 fully saturated rings. The van der Waals surface area contributed by atoms with Crippen LogP contribution in [0.15, 0.2) is 60.7 Å². The van der Waals surface area contributed by atoms with Crippen molar-refractivity contribution in [2.24, 2.45) is 5.92 Å². The highest BCUT2D eigenvalue weighted by atomic mass is 35.5. The lowest BCUT2D eigenvalue weighted by molar-refractivity contribution is 0.0466. The fraction of sp³-hybridized carbons (Fsp3) is 0.455. The van der Waals surface area contributed by atoms with E-state index in [2.05, 4.69) is 98.6 Å². The number of anilines is 1. The van der Waals surface area contributed by atoms with Gasteiger partial charge in [-0.2, -0.15) is 0 Å². The number of nitrogens with two attached hydrogens (primary N) is 1. The fourth-order valence-corrected chi connectivity index (χ4v) is 6.37. The van der Waals surface area contributed by atoms with Crippen molar-refractivity contribution < 1.29 is 4.74 Å². The lowest BCUT2D eigenvalue weighted by Crippen LogP contribution is -2.47. The van der Waals surface area contributed by atoms with E-state index in [1.165, 1.54) is 47.1 Å². The van der Waals surface area contributed by atoms with Gasteiger partial charge in [0.05, 0.1) is 6.04 Å². The van der Waals surface area contributed by atoms with Crippen molar-refractivity contribution in [3.63, 3.8) is 0 Å². The zero-order valence-electron chi connectivity index (χ0n) is 24.2. The maximum Gasteiger partial charge on any atom is 0.127 e. The maximum atomic E-state index is 6.64. The van der Waals surface area contributed by atoms with Crippen molar-refractivity contribution in [2.45, 2.75) is 65.0 Å². The normalized spacial score (nSPS) is 18.7. The SMILES string of the molecule is Cc1c(C)c2c(c(C)c1N)CC(C)(CN1CCC(CCNC(c3ccccc3)c3ccccc3)CC1)O2.Cl.Cl.Cl. The third-order valence-corrected chi connectivity index (χ3v) is 8.77. The highest BCUT2D eigenvalue weighted by molar-refractivity contribution is 5.86. The Hall–Kier alpha value is -1.95. The van der Waals surface area contributed by atoms with Crippen molar-refractivity contribution in [1.82, 2.24) is 10.2 Å². The summed E-state index contributed by atoms with van der Waals surface area (Å²) in [7, 11) is 0. The van der Waals surface area contributed by atoms with Gasteiger partial charge in [0.15, 0.2) is 0 Å². The second-order valence-electron chi connectivity index (χ2n) is 11.5. The zero-order chi connectivity index (χ0) is 26.0. The summed E-state index contributed by atoms with van der Waals surface area (Å²) in [5, 5.41) is 3.86. The van der Waals surface area contributed by atoms with Gasteiger partial charge in [0.2, 0.25) is 0 Å². The minimum absolute atomic E-state index is 0. The Morgan fingerprint density at radius 3 is 1.98 bits per heavy atom. The lowest BCUT2D eigenvalue weighted by Gasteiger charge is -2.37. The summed E-state index contributed by atoms with van der Waals surface area (Å²) < 4.78 is 6.64. The number of likely N-dealkylation sites (tertiary alicyclic amines) is 1. The highest BCUT2D eigenvalue weighted by Gasteiger charge is 2.39. The molecule has 3 aromatic carbocycles. The van der Waals surface area contributed by atoms with Gasteiger partial charge in [-0.3, -0.25) is 4.90 Å². The number of benzene rings is 3. The number of nitrogen functional groups attached to an aromatic ring is 1. The molecular weight excluding hydrogens is 561 g/mol. The standard InChI is InChI=1S/C33H43N3O.3ClH/c1-23-24(2)32-29(25(3)30(23)34)21-33(4,37-32)22-36-19-16-26(17-20-36)15-18-35-31(27-11-7-5-8-12-27)28-13-9-6-10-14-28;;;/h5-14,26,31,35H,15-22,34H2,1-4H3;3*1H. The Morgan fingerprint density at radius 2 is 1.43 bits per heavy atom. The number of fused-ring (bicyclic) bond motifs is 1. The molecule has 1 atom stereocenters.